The Morgan fingerprint density at radius 3 is 2.56 bits per heavy atom. The molecule has 25 heavy (non-hydrogen) atoms. The maximum atomic E-state index is 12.6. The quantitative estimate of drug-likeness (QED) is 0.480. The number of benzene rings is 3. The van der Waals surface area contributed by atoms with Gasteiger partial charge in [-0.05, 0) is 30.5 Å². The number of carbonyl (C=O) groups is 1. The standard InChI is InChI=1S/C21H15ClN2O/c1-13-12-19(24-21(25)16-8-4-5-9-18(16)22)17-11-10-14-6-2-3-7-15(14)20(17)23-13/h2-12H,1H3,(H,23,24,25). The average Bonchev–Trinajstić information content (AvgIpc) is 2.61. The van der Waals surface area contributed by atoms with Gasteiger partial charge < -0.3 is 5.32 Å². The molecule has 0 bridgehead atoms. The SMILES string of the molecule is Cc1cc(NC(=O)c2ccccc2Cl)c2ccc3ccccc3c2n1. The van der Waals surface area contributed by atoms with E-state index in [1.807, 2.05) is 43.3 Å². The molecular weight excluding hydrogens is 332 g/mol. The first kappa shape index (κ1) is 15.6. The minimum atomic E-state index is -0.231. The zero-order valence-corrected chi connectivity index (χ0v) is 14.3. The normalized spacial score (nSPS) is 11.0. The number of halogens is 1. The van der Waals surface area contributed by atoms with E-state index in [4.69, 9.17) is 11.6 Å². The Labute approximate surface area is 150 Å². The number of fused-ring (bicyclic) bond motifs is 3. The Bertz CT molecular complexity index is 1120. The number of pyridine rings is 1. The first-order valence-electron chi connectivity index (χ1n) is 7.98. The van der Waals surface area contributed by atoms with E-state index in [-0.39, 0.29) is 5.91 Å². The highest BCUT2D eigenvalue weighted by atomic mass is 35.5. The summed E-state index contributed by atoms with van der Waals surface area (Å²) in [5, 5.41) is 6.51. The number of nitrogens with one attached hydrogen (secondary N) is 1. The molecule has 1 amide bonds. The summed E-state index contributed by atoms with van der Waals surface area (Å²) in [5.41, 5.74) is 2.91. The van der Waals surface area contributed by atoms with E-state index in [1.165, 1.54) is 0 Å². The molecule has 1 heterocycles. The van der Waals surface area contributed by atoms with Crippen LogP contribution in [-0.2, 0) is 0 Å². The minimum absolute atomic E-state index is 0.231. The van der Waals surface area contributed by atoms with E-state index in [1.54, 1.807) is 24.3 Å². The van der Waals surface area contributed by atoms with Crippen LogP contribution >= 0.6 is 11.6 Å². The van der Waals surface area contributed by atoms with Crippen LogP contribution in [0.3, 0.4) is 0 Å². The van der Waals surface area contributed by atoms with Crippen LogP contribution in [0.25, 0.3) is 21.7 Å². The number of amides is 1. The zero-order valence-electron chi connectivity index (χ0n) is 13.6. The second-order valence-corrected chi connectivity index (χ2v) is 6.34. The molecular formula is C21H15ClN2O. The molecule has 0 saturated heterocycles. The van der Waals surface area contributed by atoms with Crippen molar-refractivity contribution in [3.05, 3.63) is 83.0 Å². The summed E-state index contributed by atoms with van der Waals surface area (Å²) in [6.07, 6.45) is 0. The second-order valence-electron chi connectivity index (χ2n) is 5.93. The van der Waals surface area contributed by atoms with Crippen LogP contribution in [0.2, 0.25) is 5.02 Å². The number of rotatable bonds is 2. The molecule has 0 fully saturated rings. The highest BCUT2D eigenvalue weighted by molar-refractivity contribution is 6.34. The van der Waals surface area contributed by atoms with Crippen molar-refractivity contribution in [1.29, 1.82) is 0 Å². The lowest BCUT2D eigenvalue weighted by molar-refractivity contribution is 0.102. The molecule has 0 radical (unpaired) electrons. The van der Waals surface area contributed by atoms with Gasteiger partial charge in [-0.2, -0.15) is 0 Å². The third kappa shape index (κ3) is 2.83. The van der Waals surface area contributed by atoms with Crippen LogP contribution in [0.4, 0.5) is 5.69 Å². The Morgan fingerprint density at radius 2 is 1.72 bits per heavy atom. The van der Waals surface area contributed by atoms with Crippen molar-refractivity contribution in [3.8, 4) is 0 Å². The van der Waals surface area contributed by atoms with Crippen molar-refractivity contribution >= 4 is 44.9 Å². The van der Waals surface area contributed by atoms with Gasteiger partial charge in [0.1, 0.15) is 0 Å². The first-order chi connectivity index (χ1) is 12.1. The van der Waals surface area contributed by atoms with Gasteiger partial charge >= 0.3 is 0 Å². The number of anilines is 1. The summed E-state index contributed by atoms with van der Waals surface area (Å²) in [4.78, 5) is 17.3. The molecule has 4 heteroatoms. The Hall–Kier alpha value is -2.91. The van der Waals surface area contributed by atoms with Crippen LogP contribution in [0.1, 0.15) is 16.1 Å². The Kier molecular flexibility index (Phi) is 3.86. The van der Waals surface area contributed by atoms with Crippen LogP contribution < -0.4 is 5.32 Å². The maximum Gasteiger partial charge on any atom is 0.257 e. The number of aromatic nitrogens is 1. The molecule has 0 saturated carbocycles. The van der Waals surface area contributed by atoms with Crippen molar-refractivity contribution < 1.29 is 4.79 Å². The van der Waals surface area contributed by atoms with Crippen molar-refractivity contribution in [2.75, 3.05) is 5.32 Å². The van der Waals surface area contributed by atoms with E-state index in [0.717, 1.165) is 33.1 Å². The fourth-order valence-corrected chi connectivity index (χ4v) is 3.25. The minimum Gasteiger partial charge on any atom is -0.321 e. The molecule has 0 unspecified atom stereocenters. The van der Waals surface area contributed by atoms with Crippen molar-refractivity contribution in [3.63, 3.8) is 0 Å². The Morgan fingerprint density at radius 1 is 0.960 bits per heavy atom. The molecule has 0 spiro atoms. The second kappa shape index (κ2) is 6.19. The molecule has 1 aromatic heterocycles. The largest absolute Gasteiger partial charge is 0.321 e. The number of hydrogen-bond acceptors (Lipinski definition) is 2. The summed E-state index contributed by atoms with van der Waals surface area (Å²) in [7, 11) is 0. The predicted octanol–water partition coefficient (Wildman–Crippen LogP) is 5.60. The van der Waals surface area contributed by atoms with E-state index < -0.39 is 0 Å². The lowest BCUT2D eigenvalue weighted by Gasteiger charge is -2.12. The van der Waals surface area contributed by atoms with Crippen molar-refractivity contribution in [1.82, 2.24) is 4.98 Å². The van der Waals surface area contributed by atoms with Crippen molar-refractivity contribution in [2.24, 2.45) is 0 Å². The van der Waals surface area contributed by atoms with Gasteiger partial charge in [-0.3, -0.25) is 9.78 Å². The van der Waals surface area contributed by atoms with E-state index in [9.17, 15) is 4.79 Å². The molecule has 3 nitrogen and oxygen atoms in total. The molecule has 0 atom stereocenters. The fraction of sp³-hybridized carbons (Fsp3) is 0.0476. The lowest BCUT2D eigenvalue weighted by atomic mass is 10.0. The third-order valence-corrected chi connectivity index (χ3v) is 4.53. The molecule has 0 aliphatic rings. The highest BCUT2D eigenvalue weighted by Crippen LogP contribution is 2.30. The summed E-state index contributed by atoms with van der Waals surface area (Å²) < 4.78 is 0. The van der Waals surface area contributed by atoms with Crippen molar-refractivity contribution in [2.45, 2.75) is 6.92 Å². The fourth-order valence-electron chi connectivity index (χ4n) is 3.03. The summed E-state index contributed by atoms with van der Waals surface area (Å²) in [6.45, 7) is 1.92. The third-order valence-electron chi connectivity index (χ3n) is 4.20. The molecule has 0 aliphatic carbocycles. The van der Waals surface area contributed by atoms with Crippen LogP contribution in [-0.4, -0.2) is 10.9 Å². The smallest absolute Gasteiger partial charge is 0.257 e. The molecule has 3 aromatic carbocycles. The van der Waals surface area contributed by atoms with E-state index in [0.29, 0.717) is 10.6 Å². The average molecular weight is 347 g/mol. The maximum absolute atomic E-state index is 12.6. The number of nitrogens with zero attached hydrogens (tertiary/aromatic N) is 1. The predicted molar refractivity (Wildman–Crippen MR) is 103 cm³/mol. The van der Waals surface area contributed by atoms with Gasteiger partial charge in [0, 0.05) is 16.5 Å². The molecule has 4 aromatic rings. The van der Waals surface area contributed by atoms with Crippen LogP contribution in [0, 0.1) is 6.92 Å². The highest BCUT2D eigenvalue weighted by Gasteiger charge is 2.13. The summed E-state index contributed by atoms with van der Waals surface area (Å²) in [5.74, 6) is -0.231. The molecule has 4 rings (SSSR count). The topological polar surface area (TPSA) is 42.0 Å². The van der Waals surface area contributed by atoms with E-state index in [2.05, 4.69) is 16.4 Å². The van der Waals surface area contributed by atoms with Gasteiger partial charge in [-0.25, -0.2) is 0 Å². The monoisotopic (exact) mass is 346 g/mol. The molecule has 1 N–H and O–H groups in total. The summed E-state index contributed by atoms with van der Waals surface area (Å²) >= 11 is 6.14. The van der Waals surface area contributed by atoms with Gasteiger partial charge in [0.15, 0.2) is 0 Å². The van der Waals surface area contributed by atoms with Gasteiger partial charge in [-0.15, -0.1) is 0 Å². The van der Waals surface area contributed by atoms with Gasteiger partial charge in [0.05, 0.1) is 21.8 Å². The van der Waals surface area contributed by atoms with Gasteiger partial charge in [-0.1, -0.05) is 60.1 Å². The number of aryl methyl sites for hydroxylation is 1. The van der Waals surface area contributed by atoms with E-state index >= 15 is 0 Å². The lowest BCUT2D eigenvalue weighted by Crippen LogP contribution is -2.13. The Balaban J connectivity index is 1.86. The zero-order chi connectivity index (χ0) is 17.4. The van der Waals surface area contributed by atoms with Crippen LogP contribution in [0.15, 0.2) is 66.7 Å². The molecule has 122 valence electrons. The first-order valence-corrected chi connectivity index (χ1v) is 8.36. The number of carbonyl (C=O) groups excluding carboxylic acids is 1. The summed E-state index contributed by atoms with van der Waals surface area (Å²) in [6, 6.07) is 21.0. The van der Waals surface area contributed by atoms with Gasteiger partial charge in [0.2, 0.25) is 0 Å². The van der Waals surface area contributed by atoms with Crippen LogP contribution in [0.5, 0.6) is 0 Å². The molecule has 0 aliphatic heterocycles. The number of hydrogen-bond donors (Lipinski definition) is 1. The van der Waals surface area contributed by atoms with Gasteiger partial charge in [0.25, 0.3) is 5.91 Å².